The van der Waals surface area contributed by atoms with E-state index in [0.29, 0.717) is 12.8 Å². The van der Waals surface area contributed by atoms with E-state index in [4.69, 9.17) is 0 Å². The molecule has 0 unspecified atom stereocenters. The van der Waals surface area contributed by atoms with Crippen molar-refractivity contribution < 1.29 is 13.6 Å². The summed E-state index contributed by atoms with van der Waals surface area (Å²) in [7, 11) is 1.79. The average molecular weight is 213 g/mol. The molecule has 1 N–H and O–H groups in total. The van der Waals surface area contributed by atoms with E-state index in [0.717, 1.165) is 18.7 Å². The third-order valence-corrected chi connectivity index (χ3v) is 2.07. The average Bonchev–Trinajstić information content (AvgIpc) is 2.22. The topological polar surface area (TPSA) is 29.1 Å². The van der Waals surface area contributed by atoms with Gasteiger partial charge in [0.25, 0.3) is 0 Å². The van der Waals surface area contributed by atoms with Crippen LogP contribution in [0.4, 0.5) is 8.78 Å². The van der Waals surface area contributed by atoms with Crippen LogP contribution in [0.5, 0.6) is 0 Å². The van der Waals surface area contributed by atoms with Crippen LogP contribution in [0, 0.1) is 11.6 Å². The van der Waals surface area contributed by atoms with Crippen molar-refractivity contribution in [3.63, 3.8) is 0 Å². The zero-order chi connectivity index (χ0) is 11.3. The molecule has 0 radical (unpaired) electrons. The van der Waals surface area contributed by atoms with Gasteiger partial charge in [-0.05, 0) is 38.2 Å². The first-order chi connectivity index (χ1) is 7.15. The molecule has 0 bridgehead atoms. The van der Waals surface area contributed by atoms with Crippen molar-refractivity contribution in [1.82, 2.24) is 5.32 Å². The number of halogens is 2. The quantitative estimate of drug-likeness (QED) is 0.599. The molecule has 0 heterocycles. The maximum atomic E-state index is 12.8. The van der Waals surface area contributed by atoms with Crippen LogP contribution >= 0.6 is 0 Å². The van der Waals surface area contributed by atoms with Gasteiger partial charge in [0.05, 0.1) is 0 Å². The van der Waals surface area contributed by atoms with E-state index in [9.17, 15) is 13.6 Å². The molecule has 1 rings (SSSR count). The number of Topliss-reactive ketones (excluding diaryl/α,β-unsaturated/α-hetero) is 1. The molecule has 1 aromatic carbocycles. The van der Waals surface area contributed by atoms with E-state index >= 15 is 0 Å². The first-order valence-corrected chi connectivity index (χ1v) is 4.78. The molecule has 0 atom stereocenters. The van der Waals surface area contributed by atoms with Crippen LogP contribution in [0.1, 0.15) is 23.2 Å². The van der Waals surface area contributed by atoms with Crippen LogP contribution in [0.2, 0.25) is 0 Å². The molecule has 0 spiro atoms. The predicted molar refractivity (Wildman–Crippen MR) is 53.8 cm³/mol. The number of carbonyl (C=O) groups excluding carboxylic acids is 1. The fourth-order valence-corrected chi connectivity index (χ4v) is 1.24. The smallest absolute Gasteiger partial charge is 0.163 e. The van der Waals surface area contributed by atoms with Crippen LogP contribution in [-0.4, -0.2) is 19.4 Å². The molecule has 0 amide bonds. The molecule has 0 fully saturated rings. The molecule has 0 aliphatic rings. The third-order valence-electron chi connectivity index (χ3n) is 2.07. The molecule has 0 aromatic heterocycles. The second-order valence-corrected chi connectivity index (χ2v) is 3.26. The summed E-state index contributed by atoms with van der Waals surface area (Å²) in [4.78, 5) is 11.5. The molecule has 4 heteroatoms. The molecule has 0 saturated carbocycles. The van der Waals surface area contributed by atoms with Gasteiger partial charge in [-0.25, -0.2) is 8.78 Å². The van der Waals surface area contributed by atoms with Gasteiger partial charge in [0.15, 0.2) is 17.4 Å². The highest BCUT2D eigenvalue weighted by molar-refractivity contribution is 5.96. The molecule has 0 aliphatic heterocycles. The monoisotopic (exact) mass is 213 g/mol. The largest absolute Gasteiger partial charge is 0.320 e. The van der Waals surface area contributed by atoms with Crippen LogP contribution in [0.3, 0.4) is 0 Å². The molecule has 1 aromatic rings. The van der Waals surface area contributed by atoms with Crippen molar-refractivity contribution in [3.8, 4) is 0 Å². The second kappa shape index (κ2) is 5.56. The van der Waals surface area contributed by atoms with E-state index in [2.05, 4.69) is 5.32 Å². The summed E-state index contributed by atoms with van der Waals surface area (Å²) in [6.07, 6.45) is 1.03. The van der Waals surface area contributed by atoms with Crippen molar-refractivity contribution in [2.45, 2.75) is 12.8 Å². The standard InChI is InChI=1S/C11H13F2NO/c1-14-6-2-3-11(15)8-4-5-9(12)10(13)7-8/h4-5,7,14H,2-3,6H2,1H3. The number of nitrogens with one attached hydrogen (secondary N) is 1. The first kappa shape index (κ1) is 11.8. The van der Waals surface area contributed by atoms with Crippen LogP contribution in [0.25, 0.3) is 0 Å². The van der Waals surface area contributed by atoms with Crippen LogP contribution < -0.4 is 5.32 Å². The number of hydrogen-bond donors (Lipinski definition) is 1. The molecular formula is C11H13F2NO. The van der Waals surface area contributed by atoms with Gasteiger partial charge >= 0.3 is 0 Å². The molecular weight excluding hydrogens is 200 g/mol. The van der Waals surface area contributed by atoms with Gasteiger partial charge in [0.1, 0.15) is 0 Å². The van der Waals surface area contributed by atoms with Gasteiger partial charge in [-0.2, -0.15) is 0 Å². The number of carbonyl (C=O) groups is 1. The number of rotatable bonds is 5. The summed E-state index contributed by atoms with van der Waals surface area (Å²) in [5.74, 6) is -2.07. The third kappa shape index (κ3) is 3.40. The fourth-order valence-electron chi connectivity index (χ4n) is 1.24. The zero-order valence-corrected chi connectivity index (χ0v) is 8.52. The predicted octanol–water partition coefficient (Wildman–Crippen LogP) is 2.15. The lowest BCUT2D eigenvalue weighted by Crippen LogP contribution is -2.10. The van der Waals surface area contributed by atoms with Gasteiger partial charge in [-0.1, -0.05) is 0 Å². The highest BCUT2D eigenvalue weighted by Crippen LogP contribution is 2.11. The van der Waals surface area contributed by atoms with E-state index in [-0.39, 0.29) is 11.3 Å². The Kier molecular flexibility index (Phi) is 4.37. The SMILES string of the molecule is CNCCCC(=O)c1ccc(F)c(F)c1. The highest BCUT2D eigenvalue weighted by Gasteiger charge is 2.08. The molecule has 0 aliphatic carbocycles. The van der Waals surface area contributed by atoms with Crippen LogP contribution in [0.15, 0.2) is 18.2 Å². The van der Waals surface area contributed by atoms with Gasteiger partial charge < -0.3 is 5.32 Å². The Morgan fingerprint density at radius 2 is 2.07 bits per heavy atom. The first-order valence-electron chi connectivity index (χ1n) is 4.78. The Balaban J connectivity index is 2.62. The second-order valence-electron chi connectivity index (χ2n) is 3.26. The highest BCUT2D eigenvalue weighted by atomic mass is 19.2. The summed E-state index contributed by atoms with van der Waals surface area (Å²) in [6.45, 7) is 0.732. The van der Waals surface area contributed by atoms with Gasteiger partial charge in [-0.15, -0.1) is 0 Å². The van der Waals surface area contributed by atoms with E-state index < -0.39 is 11.6 Å². The van der Waals surface area contributed by atoms with Crippen LogP contribution in [-0.2, 0) is 0 Å². The van der Waals surface area contributed by atoms with Gasteiger partial charge in [-0.3, -0.25) is 4.79 Å². The lowest BCUT2D eigenvalue weighted by Gasteiger charge is -2.01. The lowest BCUT2D eigenvalue weighted by molar-refractivity contribution is 0.0979. The van der Waals surface area contributed by atoms with Crippen molar-refractivity contribution >= 4 is 5.78 Å². The van der Waals surface area contributed by atoms with Crippen molar-refractivity contribution in [2.75, 3.05) is 13.6 Å². The van der Waals surface area contributed by atoms with Gasteiger partial charge in [0, 0.05) is 12.0 Å². The zero-order valence-electron chi connectivity index (χ0n) is 8.52. The Morgan fingerprint density at radius 3 is 2.67 bits per heavy atom. The summed E-state index contributed by atoms with van der Waals surface area (Å²) in [5, 5.41) is 2.91. The molecule has 0 saturated heterocycles. The summed E-state index contributed by atoms with van der Waals surface area (Å²) in [6, 6.07) is 3.22. The Hall–Kier alpha value is -1.29. The Morgan fingerprint density at radius 1 is 1.33 bits per heavy atom. The lowest BCUT2D eigenvalue weighted by atomic mass is 10.1. The summed E-state index contributed by atoms with van der Waals surface area (Å²) in [5.41, 5.74) is 0.227. The number of ketones is 1. The summed E-state index contributed by atoms with van der Waals surface area (Å²) < 4.78 is 25.4. The molecule has 82 valence electrons. The number of benzene rings is 1. The maximum absolute atomic E-state index is 12.8. The minimum Gasteiger partial charge on any atom is -0.320 e. The summed E-state index contributed by atoms with van der Waals surface area (Å²) >= 11 is 0. The Labute approximate surface area is 87.3 Å². The minimum absolute atomic E-state index is 0.163. The van der Waals surface area contributed by atoms with Crippen molar-refractivity contribution in [1.29, 1.82) is 0 Å². The van der Waals surface area contributed by atoms with Crippen molar-refractivity contribution in [3.05, 3.63) is 35.4 Å². The van der Waals surface area contributed by atoms with Gasteiger partial charge in [0.2, 0.25) is 0 Å². The van der Waals surface area contributed by atoms with E-state index in [1.165, 1.54) is 6.07 Å². The van der Waals surface area contributed by atoms with E-state index in [1.54, 1.807) is 7.05 Å². The Bertz CT molecular complexity index is 352. The van der Waals surface area contributed by atoms with E-state index in [1.807, 2.05) is 0 Å². The normalized spacial score (nSPS) is 10.3. The minimum atomic E-state index is -0.977. The molecule has 2 nitrogen and oxygen atoms in total. The number of hydrogen-bond acceptors (Lipinski definition) is 2. The van der Waals surface area contributed by atoms with Crippen molar-refractivity contribution in [2.24, 2.45) is 0 Å². The fraction of sp³-hybridized carbons (Fsp3) is 0.364. The molecule has 15 heavy (non-hydrogen) atoms. The maximum Gasteiger partial charge on any atom is 0.163 e.